The number of aromatic nitrogens is 4. The number of carboxylic acid groups (broad SMARTS) is 1. The molecule has 3 heterocycles. The summed E-state index contributed by atoms with van der Waals surface area (Å²) in [6.07, 6.45) is 2.12. The molecule has 0 saturated carbocycles. The van der Waals surface area contributed by atoms with E-state index in [2.05, 4.69) is 62.3 Å². The van der Waals surface area contributed by atoms with Gasteiger partial charge in [-0.1, -0.05) is 23.4 Å². The van der Waals surface area contributed by atoms with Gasteiger partial charge in [0.25, 0.3) is 0 Å². The van der Waals surface area contributed by atoms with Crippen molar-refractivity contribution in [1.29, 1.82) is 0 Å². The van der Waals surface area contributed by atoms with E-state index in [-0.39, 0.29) is 27.6 Å². The van der Waals surface area contributed by atoms with Gasteiger partial charge in [-0.2, -0.15) is 4.80 Å². The summed E-state index contributed by atoms with van der Waals surface area (Å²) in [5, 5.41) is 22.4. The SMILES string of the molecule is O=C(O)Cn1n[c-]nn1.[W+2].c1ccc(N2CC3C[N-]CC3C2)cc1. The molecule has 2 aliphatic heterocycles. The first-order valence-corrected chi connectivity index (χ1v) is 7.51. The fourth-order valence-corrected chi connectivity index (χ4v) is 2.96. The van der Waals surface area contributed by atoms with Crippen molar-refractivity contribution in [3.05, 3.63) is 42.0 Å². The number of rotatable bonds is 3. The van der Waals surface area contributed by atoms with E-state index < -0.39 is 5.97 Å². The second kappa shape index (κ2) is 8.89. The number of anilines is 1. The number of carbonyl (C=O) groups is 1. The van der Waals surface area contributed by atoms with Gasteiger partial charge in [-0.3, -0.25) is 4.79 Å². The van der Waals surface area contributed by atoms with Gasteiger partial charge in [-0.25, -0.2) is 6.33 Å². The number of fused-ring (bicyclic) bond motifs is 1. The number of para-hydroxylation sites is 1. The Morgan fingerprint density at radius 2 is 1.92 bits per heavy atom. The van der Waals surface area contributed by atoms with E-state index in [1.165, 1.54) is 18.8 Å². The quantitative estimate of drug-likeness (QED) is 0.626. The molecule has 0 spiro atoms. The summed E-state index contributed by atoms with van der Waals surface area (Å²) in [6.45, 7) is 4.33. The Kier molecular flexibility index (Phi) is 6.87. The van der Waals surface area contributed by atoms with E-state index in [9.17, 15) is 4.79 Å². The first kappa shape index (κ1) is 18.5. The second-order valence-electron chi connectivity index (χ2n) is 5.66. The minimum atomic E-state index is -0.999. The van der Waals surface area contributed by atoms with E-state index in [1.54, 1.807) is 0 Å². The number of carboxylic acids is 1. The molecule has 2 fully saturated rings. The zero-order chi connectivity index (χ0) is 16.1. The third-order valence-electron chi connectivity index (χ3n) is 4.05. The van der Waals surface area contributed by atoms with Crippen molar-refractivity contribution in [2.75, 3.05) is 31.1 Å². The molecular weight excluding hydrogens is 480 g/mol. The maximum absolute atomic E-state index is 9.92. The van der Waals surface area contributed by atoms with E-state index in [0.717, 1.165) is 29.7 Å². The van der Waals surface area contributed by atoms with E-state index in [4.69, 9.17) is 5.11 Å². The van der Waals surface area contributed by atoms with Gasteiger partial charge in [-0.15, -0.1) is 13.1 Å². The van der Waals surface area contributed by atoms with Crippen molar-refractivity contribution in [3.8, 4) is 0 Å². The van der Waals surface area contributed by atoms with Crippen LogP contribution < -0.4 is 4.90 Å². The summed E-state index contributed by atoms with van der Waals surface area (Å²) in [7, 11) is 0. The molecule has 24 heavy (non-hydrogen) atoms. The monoisotopic (exact) mass is 498 g/mol. The van der Waals surface area contributed by atoms with E-state index >= 15 is 0 Å². The summed E-state index contributed by atoms with van der Waals surface area (Å²) < 4.78 is 0. The van der Waals surface area contributed by atoms with Crippen LogP contribution in [0.1, 0.15) is 0 Å². The summed E-state index contributed by atoms with van der Waals surface area (Å²) >= 11 is 0. The Hall–Kier alpha value is -1.79. The molecule has 8 nitrogen and oxygen atoms in total. The number of hydrogen-bond donors (Lipinski definition) is 1. The average molecular weight is 498 g/mol. The summed E-state index contributed by atoms with van der Waals surface area (Å²) in [5.74, 6) is 0.659. The topological polar surface area (TPSA) is 98.2 Å². The first-order chi connectivity index (χ1) is 11.2. The van der Waals surface area contributed by atoms with E-state index in [1.807, 2.05) is 0 Å². The average Bonchev–Trinajstić information content (AvgIpc) is 3.24. The number of aliphatic carboxylic acids is 1. The van der Waals surface area contributed by atoms with Gasteiger partial charge in [0.2, 0.25) is 0 Å². The fourth-order valence-electron chi connectivity index (χ4n) is 2.96. The minimum Gasteiger partial charge on any atom is -0.662 e. The van der Waals surface area contributed by atoms with Gasteiger partial charge >= 0.3 is 27.0 Å². The summed E-state index contributed by atoms with van der Waals surface area (Å²) in [6, 6.07) is 10.7. The van der Waals surface area contributed by atoms with Crippen molar-refractivity contribution >= 4 is 11.7 Å². The second-order valence-corrected chi connectivity index (χ2v) is 5.66. The molecule has 2 saturated heterocycles. The number of hydrogen-bond acceptors (Lipinski definition) is 5. The fraction of sp³-hybridized carbons (Fsp3) is 0.467. The van der Waals surface area contributed by atoms with Gasteiger partial charge in [0.15, 0.2) is 6.54 Å². The molecule has 126 valence electrons. The van der Waals surface area contributed by atoms with E-state index in [0.29, 0.717) is 0 Å². The Bertz CT molecular complexity index is 612. The van der Waals surface area contributed by atoms with Gasteiger partial charge in [-0.05, 0) is 24.0 Å². The molecule has 0 radical (unpaired) electrons. The van der Waals surface area contributed by atoms with Gasteiger partial charge in [0, 0.05) is 18.8 Å². The normalized spacial score (nSPS) is 21.4. The molecule has 0 aliphatic carbocycles. The minimum absolute atomic E-state index is 0. The van der Waals surface area contributed by atoms with Gasteiger partial charge in [0.1, 0.15) is 0 Å². The van der Waals surface area contributed by atoms with Crippen LogP contribution >= 0.6 is 0 Å². The molecule has 9 heteroatoms. The number of nitrogens with zero attached hydrogens (tertiary/aromatic N) is 6. The predicted octanol–water partition coefficient (Wildman–Crippen LogP) is 0.682. The molecule has 4 rings (SSSR count). The molecular formula is C15H18N6O2W. The standard InChI is InChI=1S/C12H15N2.C3H3N4O2.W/c1-2-4-12(5-3-1)14-8-10-6-13-7-11(10)9-14;8-3(9)1-7-5-2-4-6-7;/h1-5,10-11H,6-9H2;1H2,(H,8,9);/q2*-1;+2. The summed E-state index contributed by atoms with van der Waals surface area (Å²) in [5.41, 5.74) is 1.38. The molecule has 2 unspecified atom stereocenters. The van der Waals surface area contributed by atoms with Crippen LogP contribution in [0.25, 0.3) is 5.32 Å². The zero-order valence-corrected chi connectivity index (χ0v) is 16.0. The molecule has 2 aliphatic rings. The van der Waals surface area contributed by atoms with Crippen molar-refractivity contribution < 1.29 is 31.0 Å². The van der Waals surface area contributed by atoms with Crippen LogP contribution in [-0.2, 0) is 32.4 Å². The Labute approximate surface area is 154 Å². The Morgan fingerprint density at radius 3 is 2.46 bits per heavy atom. The van der Waals surface area contributed by atoms with Crippen LogP contribution in [0, 0.1) is 18.2 Å². The third-order valence-corrected chi connectivity index (χ3v) is 4.05. The zero-order valence-electron chi connectivity index (χ0n) is 13.0. The van der Waals surface area contributed by atoms with Crippen LogP contribution in [0.3, 0.4) is 0 Å². The molecule has 0 bridgehead atoms. The van der Waals surface area contributed by atoms with Crippen LogP contribution in [-0.4, -0.2) is 57.5 Å². The van der Waals surface area contributed by atoms with Gasteiger partial charge in [0.05, 0.1) is 0 Å². The van der Waals surface area contributed by atoms with Crippen molar-refractivity contribution in [2.45, 2.75) is 6.54 Å². The maximum atomic E-state index is 9.92. The van der Waals surface area contributed by atoms with Crippen LogP contribution in [0.5, 0.6) is 0 Å². The smallest absolute Gasteiger partial charge is 0.662 e. The molecule has 2 aromatic rings. The van der Waals surface area contributed by atoms with Crippen LogP contribution in [0.15, 0.2) is 30.3 Å². The number of benzene rings is 1. The summed E-state index contributed by atoms with van der Waals surface area (Å²) in [4.78, 5) is 13.4. The van der Waals surface area contributed by atoms with Crippen molar-refractivity contribution in [3.63, 3.8) is 0 Å². The molecule has 1 aromatic carbocycles. The van der Waals surface area contributed by atoms with Gasteiger partial charge < -0.3 is 25.5 Å². The maximum Gasteiger partial charge on any atom is 2.00 e. The van der Waals surface area contributed by atoms with Crippen molar-refractivity contribution in [2.24, 2.45) is 11.8 Å². The Morgan fingerprint density at radius 1 is 1.25 bits per heavy atom. The molecule has 0 amide bonds. The third kappa shape index (κ3) is 4.85. The number of tetrazole rings is 1. The molecule has 1 aromatic heterocycles. The predicted molar refractivity (Wildman–Crippen MR) is 83.0 cm³/mol. The Balaban J connectivity index is 0.000000183. The first-order valence-electron chi connectivity index (χ1n) is 7.51. The molecule has 2 atom stereocenters. The van der Waals surface area contributed by atoms with Crippen molar-refractivity contribution in [1.82, 2.24) is 20.2 Å². The molecule has 1 N–H and O–H groups in total. The largest absolute Gasteiger partial charge is 2.00 e. The van der Waals surface area contributed by atoms with Crippen LogP contribution in [0.4, 0.5) is 5.69 Å². The van der Waals surface area contributed by atoms with Crippen LogP contribution in [0.2, 0.25) is 0 Å².